The van der Waals surface area contributed by atoms with Gasteiger partial charge in [0.1, 0.15) is 11.7 Å². The van der Waals surface area contributed by atoms with Gasteiger partial charge in [-0.3, -0.25) is 0 Å². The summed E-state index contributed by atoms with van der Waals surface area (Å²) in [6.07, 6.45) is 4.13. The maximum atomic E-state index is 3.35. The molecule has 0 aliphatic carbocycles. The molecule has 3 heteroatoms. The van der Waals surface area contributed by atoms with Gasteiger partial charge in [0, 0.05) is 24.0 Å². The van der Waals surface area contributed by atoms with Crippen molar-refractivity contribution in [3.63, 3.8) is 0 Å². The quantitative estimate of drug-likeness (QED) is 0.714. The summed E-state index contributed by atoms with van der Waals surface area (Å²) in [6.45, 7) is 2.11. The molecule has 0 aliphatic rings. The van der Waals surface area contributed by atoms with Crippen LogP contribution >= 0.6 is 11.3 Å². The highest BCUT2D eigenvalue weighted by Gasteiger charge is 2.12. The van der Waals surface area contributed by atoms with E-state index in [2.05, 4.69) is 72.4 Å². The first-order chi connectivity index (χ1) is 9.75. The van der Waals surface area contributed by atoms with Crippen molar-refractivity contribution in [1.29, 1.82) is 0 Å². The van der Waals surface area contributed by atoms with Crippen molar-refractivity contribution in [1.82, 2.24) is 0 Å². The number of hydrogen-bond donors (Lipinski definition) is 1. The molecule has 20 heavy (non-hydrogen) atoms. The molecule has 100 valence electrons. The van der Waals surface area contributed by atoms with E-state index in [0.29, 0.717) is 0 Å². The summed E-state index contributed by atoms with van der Waals surface area (Å²) in [4.78, 5) is 0. The second-order valence-electron chi connectivity index (χ2n) is 4.76. The van der Waals surface area contributed by atoms with E-state index in [9.17, 15) is 0 Å². The molecule has 0 saturated heterocycles. The van der Waals surface area contributed by atoms with Crippen LogP contribution in [0.3, 0.4) is 0 Å². The van der Waals surface area contributed by atoms with Gasteiger partial charge in [-0.1, -0.05) is 41.7 Å². The Morgan fingerprint density at radius 3 is 2.60 bits per heavy atom. The molecule has 3 rings (SSSR count). The normalized spacial score (nSPS) is 11.3. The zero-order valence-corrected chi connectivity index (χ0v) is 12.4. The van der Waals surface area contributed by atoms with Crippen LogP contribution in [0.5, 0.6) is 0 Å². The average Bonchev–Trinajstić information content (AvgIpc) is 2.78. The van der Waals surface area contributed by atoms with Crippen molar-refractivity contribution in [3.8, 4) is 0 Å². The Labute approximate surface area is 123 Å². The molecule has 0 bridgehead atoms. The topological polar surface area (TPSA) is 15.9 Å². The van der Waals surface area contributed by atoms with Crippen LogP contribution in [0.4, 0.5) is 5.69 Å². The summed E-state index contributed by atoms with van der Waals surface area (Å²) in [7, 11) is 2.10. The summed E-state index contributed by atoms with van der Waals surface area (Å²) in [6, 6.07) is 16.8. The first-order valence-electron chi connectivity index (χ1n) is 6.62. The zero-order valence-electron chi connectivity index (χ0n) is 11.6. The number of benzene rings is 2. The fourth-order valence-electron chi connectivity index (χ4n) is 2.20. The summed E-state index contributed by atoms with van der Waals surface area (Å²) < 4.78 is 3.53. The highest BCUT2D eigenvalue weighted by atomic mass is 32.1. The number of nitrogens with one attached hydrogen (secondary N) is 1. The van der Waals surface area contributed by atoms with Crippen LogP contribution in [0.15, 0.2) is 54.7 Å². The van der Waals surface area contributed by atoms with Crippen molar-refractivity contribution < 1.29 is 4.57 Å². The first-order valence-corrected chi connectivity index (χ1v) is 7.43. The minimum absolute atomic E-state index is 1.15. The Morgan fingerprint density at radius 1 is 1.05 bits per heavy atom. The van der Waals surface area contributed by atoms with Crippen LogP contribution in [0.25, 0.3) is 16.3 Å². The Balaban J connectivity index is 1.84. The van der Waals surface area contributed by atoms with Crippen molar-refractivity contribution in [2.24, 2.45) is 7.05 Å². The minimum Gasteiger partial charge on any atom is -0.361 e. The van der Waals surface area contributed by atoms with Gasteiger partial charge in [-0.2, -0.15) is 4.57 Å². The number of rotatable bonds is 3. The van der Waals surface area contributed by atoms with E-state index in [0.717, 1.165) is 5.69 Å². The molecule has 0 atom stereocenters. The summed E-state index contributed by atoms with van der Waals surface area (Å²) >= 11 is 1.80. The molecule has 1 N–H and O–H groups in total. The minimum atomic E-state index is 1.15. The molecule has 2 aromatic carbocycles. The second-order valence-corrected chi connectivity index (χ2v) is 5.82. The number of fused-ring (bicyclic) bond motifs is 1. The third kappa shape index (κ3) is 2.45. The predicted octanol–water partition coefficient (Wildman–Crippen LogP) is 4.12. The number of anilines is 1. The Hall–Kier alpha value is -2.13. The van der Waals surface area contributed by atoms with Gasteiger partial charge >= 0.3 is 0 Å². The second kappa shape index (κ2) is 5.47. The van der Waals surface area contributed by atoms with E-state index in [-0.39, 0.29) is 0 Å². The number of para-hydroxylation sites is 2. The van der Waals surface area contributed by atoms with Gasteiger partial charge in [-0.15, -0.1) is 0 Å². The van der Waals surface area contributed by atoms with Crippen molar-refractivity contribution in [2.75, 3.05) is 5.32 Å². The van der Waals surface area contributed by atoms with Crippen LogP contribution in [0.1, 0.15) is 10.6 Å². The molecule has 3 aromatic rings. The molecule has 0 saturated carbocycles. The van der Waals surface area contributed by atoms with Crippen LogP contribution in [0, 0.1) is 6.92 Å². The lowest BCUT2D eigenvalue weighted by Crippen LogP contribution is -2.28. The molecule has 1 aromatic heterocycles. The molecule has 0 spiro atoms. The predicted molar refractivity (Wildman–Crippen MR) is 86.8 cm³/mol. The SMILES string of the molecule is Cc1ccccc1NC=Cc1sc2ccccc2[n+]1C. The highest BCUT2D eigenvalue weighted by Crippen LogP contribution is 2.20. The maximum absolute atomic E-state index is 3.35. The van der Waals surface area contributed by atoms with Gasteiger partial charge < -0.3 is 5.32 Å². The van der Waals surface area contributed by atoms with Crippen LogP contribution in [-0.4, -0.2) is 0 Å². The molecule has 2 nitrogen and oxygen atoms in total. The highest BCUT2D eigenvalue weighted by molar-refractivity contribution is 7.18. The van der Waals surface area contributed by atoms with E-state index >= 15 is 0 Å². The molecule has 0 fully saturated rings. The Kier molecular flexibility index (Phi) is 3.52. The molecule has 0 amide bonds. The van der Waals surface area contributed by atoms with Gasteiger partial charge in [-0.05, 0) is 24.6 Å². The molecule has 1 heterocycles. The van der Waals surface area contributed by atoms with E-state index in [1.54, 1.807) is 11.3 Å². The zero-order chi connectivity index (χ0) is 13.9. The number of nitrogens with zero attached hydrogens (tertiary/aromatic N) is 1. The van der Waals surface area contributed by atoms with Crippen molar-refractivity contribution in [2.45, 2.75) is 6.92 Å². The third-order valence-electron chi connectivity index (χ3n) is 3.38. The maximum Gasteiger partial charge on any atom is 0.263 e. The van der Waals surface area contributed by atoms with Gasteiger partial charge in [0.05, 0.1) is 0 Å². The first kappa shape index (κ1) is 12.9. The monoisotopic (exact) mass is 281 g/mol. The van der Waals surface area contributed by atoms with Gasteiger partial charge in [0.25, 0.3) is 5.01 Å². The van der Waals surface area contributed by atoms with Crippen LogP contribution in [0.2, 0.25) is 0 Å². The van der Waals surface area contributed by atoms with E-state index in [1.165, 1.54) is 20.8 Å². The number of hydrogen-bond acceptors (Lipinski definition) is 2. The number of aromatic nitrogens is 1. The Bertz CT molecular complexity index is 772. The summed E-state index contributed by atoms with van der Waals surface area (Å²) in [5.74, 6) is 0. The third-order valence-corrected chi connectivity index (χ3v) is 4.57. The van der Waals surface area contributed by atoms with Gasteiger partial charge in [-0.25, -0.2) is 0 Å². The fraction of sp³-hybridized carbons (Fsp3) is 0.118. The summed E-state index contributed by atoms with van der Waals surface area (Å²) in [5, 5.41) is 4.57. The van der Waals surface area contributed by atoms with E-state index < -0.39 is 0 Å². The van der Waals surface area contributed by atoms with Crippen molar-refractivity contribution in [3.05, 3.63) is 65.3 Å². The lowest BCUT2D eigenvalue weighted by atomic mass is 10.2. The van der Waals surface area contributed by atoms with E-state index in [4.69, 9.17) is 0 Å². The fourth-order valence-corrected chi connectivity index (χ4v) is 3.26. The van der Waals surface area contributed by atoms with Gasteiger partial charge in [0.15, 0.2) is 0 Å². The molecule has 0 unspecified atom stereocenters. The average molecular weight is 281 g/mol. The molecular weight excluding hydrogens is 264 g/mol. The van der Waals surface area contributed by atoms with Gasteiger partial charge in [0.2, 0.25) is 5.52 Å². The van der Waals surface area contributed by atoms with Crippen LogP contribution in [-0.2, 0) is 7.05 Å². The standard InChI is InChI=1S/C17H16N2S/c1-13-7-3-4-8-14(13)18-12-11-17-19(2)15-9-5-6-10-16(15)20-17/h3-12H,1-2H3/p+1. The lowest BCUT2D eigenvalue weighted by molar-refractivity contribution is -0.642. The molecule has 0 aliphatic heterocycles. The Morgan fingerprint density at radius 2 is 1.80 bits per heavy atom. The number of aryl methyl sites for hydroxylation is 2. The molecule has 0 radical (unpaired) electrons. The molecular formula is C17H17N2S+. The lowest BCUT2D eigenvalue weighted by Gasteiger charge is -2.03. The van der Waals surface area contributed by atoms with Crippen LogP contribution < -0.4 is 9.88 Å². The smallest absolute Gasteiger partial charge is 0.263 e. The number of thiazole rings is 1. The largest absolute Gasteiger partial charge is 0.361 e. The van der Waals surface area contributed by atoms with E-state index in [1.807, 2.05) is 12.3 Å². The van der Waals surface area contributed by atoms with Crippen molar-refractivity contribution >= 4 is 33.3 Å². The summed E-state index contributed by atoms with van der Waals surface area (Å²) in [5.41, 5.74) is 3.67.